The predicted octanol–water partition coefficient (Wildman–Crippen LogP) is 14.0. The Morgan fingerprint density at radius 2 is 1.02 bits per heavy atom. The highest BCUT2D eigenvalue weighted by molar-refractivity contribution is 7.23. The summed E-state index contributed by atoms with van der Waals surface area (Å²) in [6, 6.07) is 41.0. The summed E-state index contributed by atoms with van der Waals surface area (Å²) in [5, 5.41) is 27.5. The number of aliphatic carboxylic acids is 2. The van der Waals surface area contributed by atoms with Crippen LogP contribution in [0.1, 0.15) is 41.8 Å². The van der Waals surface area contributed by atoms with Crippen LogP contribution in [0.4, 0.5) is 17.1 Å². The lowest BCUT2D eigenvalue weighted by Gasteiger charge is -2.26. The molecule has 0 saturated heterocycles. The van der Waals surface area contributed by atoms with E-state index in [9.17, 15) is 19.8 Å². The van der Waals surface area contributed by atoms with Crippen molar-refractivity contribution in [2.75, 3.05) is 4.90 Å². The quantitative estimate of drug-likeness (QED) is 0.0680. The molecule has 3 aromatic carbocycles. The van der Waals surface area contributed by atoms with E-state index in [2.05, 4.69) is 139 Å². The summed E-state index contributed by atoms with van der Waals surface area (Å²) in [6.45, 7) is 11.3. The number of carboxylic acids is 2. The van der Waals surface area contributed by atoms with Crippen LogP contribution in [-0.2, 0) is 9.59 Å². The van der Waals surface area contributed by atoms with E-state index in [4.69, 9.17) is 11.8 Å². The molecule has 0 aliphatic carbocycles. The van der Waals surface area contributed by atoms with Crippen LogP contribution in [0.15, 0.2) is 127 Å². The van der Waals surface area contributed by atoms with Gasteiger partial charge in [0.05, 0.1) is 6.57 Å². The molecule has 7 rings (SSSR count). The maximum absolute atomic E-state index is 11.2. The van der Waals surface area contributed by atoms with Crippen LogP contribution in [0, 0.1) is 31.8 Å². The molecule has 0 aliphatic rings. The largest absolute Gasteiger partial charge is 0.486 e. The molecule has 7 aromatic rings. The van der Waals surface area contributed by atoms with E-state index < -0.39 is 11.9 Å². The maximum Gasteiger partial charge on any atom is 0.346 e. The Morgan fingerprint density at radius 3 is 1.44 bits per heavy atom. The number of hydrogen-bond acceptors (Lipinski definition) is 8. The number of carboxylic acid groups (broad SMARTS) is 2. The second-order valence-electron chi connectivity index (χ2n) is 13.2. The van der Waals surface area contributed by atoms with E-state index in [1.807, 2.05) is 24.3 Å². The van der Waals surface area contributed by atoms with E-state index in [-0.39, 0.29) is 11.3 Å². The fraction of sp³-hybridized carbons (Fsp3) is 0.0417. The van der Waals surface area contributed by atoms with Crippen LogP contribution in [0.2, 0.25) is 0 Å². The molecule has 0 spiro atoms. The third-order valence-corrected chi connectivity index (χ3v) is 13.7. The molecule has 59 heavy (non-hydrogen) atoms. The average Bonchev–Trinajstić information content (AvgIpc) is 4.08. The van der Waals surface area contributed by atoms with Crippen molar-refractivity contribution < 1.29 is 19.8 Å². The van der Waals surface area contributed by atoms with Gasteiger partial charge in [0.1, 0.15) is 11.6 Å². The van der Waals surface area contributed by atoms with E-state index in [1.165, 1.54) is 46.0 Å². The van der Waals surface area contributed by atoms with Gasteiger partial charge < -0.3 is 15.1 Å². The van der Waals surface area contributed by atoms with Gasteiger partial charge in [-0.05, 0) is 145 Å². The van der Waals surface area contributed by atoms with Gasteiger partial charge in [0.25, 0.3) is 5.70 Å². The van der Waals surface area contributed by atoms with Crippen molar-refractivity contribution >= 4 is 111 Å². The van der Waals surface area contributed by atoms with Crippen LogP contribution in [0.3, 0.4) is 0 Å². The molecular weight excluding hydrogens is 811 g/mol. The molecule has 288 valence electrons. The molecule has 0 unspecified atom stereocenters. The number of nitrogens with zero attached hydrogens (tertiary/aromatic N) is 3. The molecule has 0 aliphatic heterocycles. The predicted molar refractivity (Wildman–Crippen MR) is 247 cm³/mol. The van der Waals surface area contributed by atoms with Gasteiger partial charge in [-0.25, -0.2) is 9.64 Å². The second kappa shape index (κ2) is 18.2. The molecule has 2 N–H and O–H groups in total. The number of rotatable bonds is 13. The third-order valence-electron chi connectivity index (χ3n) is 9.18. The Kier molecular flexibility index (Phi) is 12.4. The Balaban J connectivity index is 1.06. The highest BCUT2D eigenvalue weighted by atomic mass is 32.1. The van der Waals surface area contributed by atoms with Crippen molar-refractivity contribution in [2.24, 2.45) is 0 Å². The number of thiophene rings is 4. The zero-order valence-electron chi connectivity index (χ0n) is 31.6. The topological polar surface area (TPSA) is 106 Å². The molecule has 4 aromatic heterocycles. The fourth-order valence-corrected chi connectivity index (χ4v) is 9.87. The van der Waals surface area contributed by atoms with Crippen molar-refractivity contribution in [3.8, 4) is 25.6 Å². The standard InChI is InChI=1S/C48H33N3O4S4/c1-30-4-11-37(26-31(30)2)51(35-12-5-32(6-13-35)9-16-38-18-22-43(56-38)45-24-20-40(58-45)27-34(29-49)47(52)53)36-14-7-33(8-15-36)10-17-39-19-23-44(57-39)46-25-21-41(59-46)28-42(50-3)48(54)55/h4-28H,1-2H3,(H,52,53)(H,54,55). The normalized spacial score (nSPS) is 11.9. The first-order chi connectivity index (χ1) is 28.6. The number of hydrogen-bond donors (Lipinski definition) is 2. The van der Waals surface area contributed by atoms with E-state index in [0.29, 0.717) is 0 Å². The fourth-order valence-electron chi connectivity index (χ4n) is 5.97. The highest BCUT2D eigenvalue weighted by Crippen LogP contribution is 2.38. The van der Waals surface area contributed by atoms with Crippen molar-refractivity contribution in [1.29, 1.82) is 5.26 Å². The molecule has 7 nitrogen and oxygen atoms in total. The molecule has 0 amide bonds. The lowest BCUT2D eigenvalue weighted by Crippen LogP contribution is -2.10. The first-order valence-corrected chi connectivity index (χ1v) is 21.3. The van der Waals surface area contributed by atoms with Crippen molar-refractivity contribution in [2.45, 2.75) is 13.8 Å². The Labute approximate surface area is 357 Å². The smallest absolute Gasteiger partial charge is 0.346 e. The minimum absolute atomic E-state index is 0.287. The summed E-state index contributed by atoms with van der Waals surface area (Å²) in [7, 11) is 0. The minimum Gasteiger partial charge on any atom is -0.486 e. The van der Waals surface area contributed by atoms with Crippen LogP contribution < -0.4 is 4.90 Å². The van der Waals surface area contributed by atoms with E-state index in [0.717, 1.165) is 67.2 Å². The van der Waals surface area contributed by atoms with Crippen LogP contribution in [0.25, 0.3) is 60.8 Å². The Bertz CT molecular complexity index is 2720. The van der Waals surface area contributed by atoms with Crippen LogP contribution in [-0.4, -0.2) is 22.2 Å². The second-order valence-corrected chi connectivity index (χ2v) is 17.6. The molecule has 0 atom stereocenters. The average molecular weight is 844 g/mol. The molecule has 11 heteroatoms. The van der Waals surface area contributed by atoms with E-state index in [1.54, 1.807) is 28.7 Å². The summed E-state index contributed by atoms with van der Waals surface area (Å²) >= 11 is 6.21. The lowest BCUT2D eigenvalue weighted by atomic mass is 10.1. The lowest BCUT2D eigenvalue weighted by molar-refractivity contribution is -0.133. The number of nitriles is 1. The summed E-state index contributed by atoms with van der Waals surface area (Å²) < 4.78 is 0. The Hall–Kier alpha value is -6.86. The van der Waals surface area contributed by atoms with Crippen molar-refractivity contribution in [1.82, 2.24) is 0 Å². The molecule has 0 saturated carbocycles. The van der Waals surface area contributed by atoms with Gasteiger partial charge in [-0.2, -0.15) is 5.26 Å². The molecular formula is C48H33N3O4S4. The molecule has 0 fully saturated rings. The van der Waals surface area contributed by atoms with Crippen LogP contribution in [0.5, 0.6) is 0 Å². The van der Waals surface area contributed by atoms with Gasteiger partial charge in [-0.3, -0.25) is 4.79 Å². The van der Waals surface area contributed by atoms with E-state index >= 15 is 0 Å². The summed E-state index contributed by atoms with van der Waals surface area (Å²) in [4.78, 5) is 35.6. The van der Waals surface area contributed by atoms with Crippen molar-refractivity contribution in [3.05, 3.63) is 180 Å². The molecule has 0 radical (unpaired) electrons. The maximum atomic E-state index is 11.2. The van der Waals surface area contributed by atoms with Crippen LogP contribution >= 0.6 is 45.3 Å². The number of aryl methyl sites for hydroxylation is 2. The first kappa shape index (κ1) is 40.3. The first-order valence-electron chi connectivity index (χ1n) is 18.1. The van der Waals surface area contributed by atoms with Gasteiger partial charge in [0.2, 0.25) is 0 Å². The molecule has 0 bridgehead atoms. The summed E-state index contributed by atoms with van der Waals surface area (Å²) in [6.07, 6.45) is 11.2. The molecule has 4 heterocycles. The van der Waals surface area contributed by atoms with Crippen molar-refractivity contribution in [3.63, 3.8) is 0 Å². The third kappa shape index (κ3) is 9.82. The zero-order valence-corrected chi connectivity index (χ0v) is 34.9. The minimum atomic E-state index is -1.23. The number of anilines is 3. The number of benzene rings is 3. The summed E-state index contributed by atoms with van der Waals surface area (Å²) in [5.74, 6) is -2.46. The summed E-state index contributed by atoms with van der Waals surface area (Å²) in [5.41, 5.74) is 7.11. The van der Waals surface area contributed by atoms with Gasteiger partial charge in [0, 0.05) is 56.1 Å². The van der Waals surface area contributed by atoms with Gasteiger partial charge in [0.15, 0.2) is 0 Å². The SMILES string of the molecule is [C-]#[N+]C(=Cc1ccc(-c2ccc(C=Cc3ccc(N(c4ccc(C=Cc5ccc(-c6ccc(C=C(C#N)C(=O)O)s6)s5)cc4)c4ccc(C)c(C)c4)cc3)s2)s1)C(=O)O. The monoisotopic (exact) mass is 843 g/mol. The highest BCUT2D eigenvalue weighted by Gasteiger charge is 2.14. The van der Waals surface area contributed by atoms with Gasteiger partial charge in [-0.15, -0.1) is 45.3 Å². The zero-order chi connectivity index (χ0) is 41.5. The van der Waals surface area contributed by atoms with Gasteiger partial charge in [-0.1, -0.05) is 42.5 Å². The Morgan fingerprint density at radius 1 is 0.576 bits per heavy atom. The van der Waals surface area contributed by atoms with Gasteiger partial charge >= 0.3 is 11.9 Å². The number of carbonyl (C=O) groups is 2.